The van der Waals surface area contributed by atoms with Crippen LogP contribution in [0.15, 0.2) is 23.1 Å². The number of nitrogens with two attached hydrogens (primary N) is 1. The maximum atomic E-state index is 11.8. The van der Waals surface area contributed by atoms with Gasteiger partial charge in [-0.25, -0.2) is 13.1 Å². The Bertz CT molecular complexity index is 574. The number of hydrogen-bond acceptors (Lipinski definition) is 5. The Morgan fingerprint density at radius 1 is 1.35 bits per heavy atom. The SMILES string of the molecule is CNS(=O)(=O)c1ccc(N)c(NC2CCC(OC)C2)c1. The van der Waals surface area contributed by atoms with Gasteiger partial charge in [0.1, 0.15) is 0 Å². The Morgan fingerprint density at radius 2 is 2.10 bits per heavy atom. The molecular formula is C13H21N3O3S. The minimum absolute atomic E-state index is 0.206. The molecule has 0 amide bonds. The van der Waals surface area contributed by atoms with E-state index in [4.69, 9.17) is 10.5 Å². The van der Waals surface area contributed by atoms with E-state index < -0.39 is 10.0 Å². The minimum Gasteiger partial charge on any atom is -0.397 e. The number of benzene rings is 1. The van der Waals surface area contributed by atoms with Crippen molar-refractivity contribution in [2.75, 3.05) is 25.2 Å². The van der Waals surface area contributed by atoms with E-state index in [2.05, 4.69) is 10.0 Å². The lowest BCUT2D eigenvalue weighted by molar-refractivity contribution is 0.108. The summed E-state index contributed by atoms with van der Waals surface area (Å²) in [5.74, 6) is 0. The van der Waals surface area contributed by atoms with E-state index in [0.717, 1.165) is 19.3 Å². The molecule has 1 aliphatic rings. The first-order valence-corrected chi connectivity index (χ1v) is 8.07. The molecule has 6 nitrogen and oxygen atoms in total. The molecule has 1 fully saturated rings. The molecule has 0 aromatic heterocycles. The summed E-state index contributed by atoms with van der Waals surface area (Å²) in [6, 6.07) is 4.94. The Balaban J connectivity index is 2.18. The summed E-state index contributed by atoms with van der Waals surface area (Å²) < 4.78 is 31.2. The number of nitrogens with one attached hydrogen (secondary N) is 2. The first kappa shape index (κ1) is 15.1. The normalized spacial score (nSPS) is 22.9. The summed E-state index contributed by atoms with van der Waals surface area (Å²) in [6.45, 7) is 0. The molecule has 20 heavy (non-hydrogen) atoms. The van der Waals surface area contributed by atoms with Gasteiger partial charge in [0.15, 0.2) is 0 Å². The zero-order valence-electron chi connectivity index (χ0n) is 11.7. The van der Waals surface area contributed by atoms with Gasteiger partial charge in [0.25, 0.3) is 0 Å². The minimum atomic E-state index is -3.46. The van der Waals surface area contributed by atoms with Crippen molar-refractivity contribution < 1.29 is 13.2 Å². The molecule has 2 atom stereocenters. The number of ether oxygens (including phenoxy) is 1. The van der Waals surface area contributed by atoms with E-state index in [1.165, 1.54) is 13.1 Å². The summed E-state index contributed by atoms with van der Waals surface area (Å²) in [5.41, 5.74) is 7.11. The van der Waals surface area contributed by atoms with Crippen molar-refractivity contribution in [3.05, 3.63) is 18.2 Å². The van der Waals surface area contributed by atoms with Crippen molar-refractivity contribution in [3.63, 3.8) is 0 Å². The van der Waals surface area contributed by atoms with Crippen LogP contribution >= 0.6 is 0 Å². The van der Waals surface area contributed by atoms with Crippen LogP contribution in [0, 0.1) is 0 Å². The van der Waals surface area contributed by atoms with Gasteiger partial charge >= 0.3 is 0 Å². The zero-order chi connectivity index (χ0) is 14.8. The van der Waals surface area contributed by atoms with Gasteiger partial charge in [-0.2, -0.15) is 0 Å². The van der Waals surface area contributed by atoms with E-state index in [1.807, 2.05) is 0 Å². The van der Waals surface area contributed by atoms with Crippen molar-refractivity contribution >= 4 is 21.4 Å². The molecule has 7 heteroatoms. The zero-order valence-corrected chi connectivity index (χ0v) is 12.5. The number of sulfonamides is 1. The highest BCUT2D eigenvalue weighted by molar-refractivity contribution is 7.89. The van der Waals surface area contributed by atoms with Gasteiger partial charge in [-0.15, -0.1) is 0 Å². The van der Waals surface area contributed by atoms with E-state index in [0.29, 0.717) is 11.4 Å². The molecular weight excluding hydrogens is 278 g/mol. The molecule has 1 saturated carbocycles. The monoisotopic (exact) mass is 299 g/mol. The Kier molecular flexibility index (Phi) is 4.52. The predicted molar refractivity (Wildman–Crippen MR) is 79.2 cm³/mol. The smallest absolute Gasteiger partial charge is 0.240 e. The summed E-state index contributed by atoms with van der Waals surface area (Å²) >= 11 is 0. The molecule has 2 rings (SSSR count). The number of hydrogen-bond donors (Lipinski definition) is 3. The maximum Gasteiger partial charge on any atom is 0.240 e. The van der Waals surface area contributed by atoms with E-state index >= 15 is 0 Å². The lowest BCUT2D eigenvalue weighted by atomic mass is 10.2. The highest BCUT2D eigenvalue weighted by Gasteiger charge is 2.25. The highest BCUT2D eigenvalue weighted by Crippen LogP contribution is 2.29. The first-order valence-electron chi connectivity index (χ1n) is 6.58. The summed E-state index contributed by atoms with van der Waals surface area (Å²) in [7, 11) is -0.359. The fourth-order valence-corrected chi connectivity index (χ4v) is 3.21. The van der Waals surface area contributed by atoms with Crippen LogP contribution in [-0.4, -0.2) is 34.7 Å². The summed E-state index contributed by atoms with van der Waals surface area (Å²) in [4.78, 5) is 0.206. The summed E-state index contributed by atoms with van der Waals surface area (Å²) in [6.07, 6.45) is 3.15. The predicted octanol–water partition coefficient (Wildman–Crippen LogP) is 1.16. The van der Waals surface area contributed by atoms with Gasteiger partial charge in [-0.1, -0.05) is 0 Å². The average Bonchev–Trinajstić information content (AvgIpc) is 2.89. The van der Waals surface area contributed by atoms with Gasteiger partial charge < -0.3 is 15.8 Å². The molecule has 0 radical (unpaired) electrons. The molecule has 4 N–H and O–H groups in total. The van der Waals surface area contributed by atoms with Crippen LogP contribution in [0.25, 0.3) is 0 Å². The highest BCUT2D eigenvalue weighted by atomic mass is 32.2. The molecule has 1 aromatic rings. The van der Waals surface area contributed by atoms with Crippen molar-refractivity contribution in [2.45, 2.75) is 36.3 Å². The van der Waals surface area contributed by atoms with Gasteiger partial charge in [-0.3, -0.25) is 0 Å². The maximum absolute atomic E-state index is 11.8. The number of rotatable bonds is 5. The molecule has 1 aromatic carbocycles. The fourth-order valence-electron chi connectivity index (χ4n) is 2.45. The molecule has 0 aliphatic heterocycles. The van der Waals surface area contributed by atoms with Gasteiger partial charge in [-0.05, 0) is 44.5 Å². The van der Waals surface area contributed by atoms with E-state index in [1.54, 1.807) is 19.2 Å². The third kappa shape index (κ3) is 3.23. The summed E-state index contributed by atoms with van der Waals surface area (Å²) in [5, 5.41) is 3.31. The quantitative estimate of drug-likeness (QED) is 0.709. The third-order valence-electron chi connectivity index (χ3n) is 3.68. The average molecular weight is 299 g/mol. The molecule has 0 saturated heterocycles. The van der Waals surface area contributed by atoms with Gasteiger partial charge in [0.2, 0.25) is 10.0 Å². The first-order chi connectivity index (χ1) is 9.46. The van der Waals surface area contributed by atoms with Crippen LogP contribution in [0.4, 0.5) is 11.4 Å². The lowest BCUT2D eigenvalue weighted by Crippen LogP contribution is -2.21. The molecule has 0 spiro atoms. The second kappa shape index (κ2) is 5.99. The molecule has 112 valence electrons. The third-order valence-corrected chi connectivity index (χ3v) is 5.09. The number of nitrogen functional groups attached to an aromatic ring is 1. The van der Waals surface area contributed by atoms with Crippen LogP contribution in [0.5, 0.6) is 0 Å². The van der Waals surface area contributed by atoms with Gasteiger partial charge in [0.05, 0.1) is 22.4 Å². The van der Waals surface area contributed by atoms with E-state index in [-0.39, 0.29) is 17.0 Å². The Morgan fingerprint density at radius 3 is 2.70 bits per heavy atom. The lowest BCUT2D eigenvalue weighted by Gasteiger charge is -2.17. The fraction of sp³-hybridized carbons (Fsp3) is 0.538. The van der Waals surface area contributed by atoms with E-state index in [9.17, 15) is 8.42 Å². The largest absolute Gasteiger partial charge is 0.397 e. The second-order valence-electron chi connectivity index (χ2n) is 4.97. The molecule has 0 bridgehead atoms. The van der Waals surface area contributed by atoms with Crippen LogP contribution in [0.3, 0.4) is 0 Å². The standard InChI is InChI=1S/C13H21N3O3S/c1-15-20(17,18)11-5-6-12(14)13(8-11)16-9-3-4-10(7-9)19-2/h5-6,8-10,15-16H,3-4,7,14H2,1-2H3. The van der Waals surface area contributed by atoms with Crippen LogP contribution < -0.4 is 15.8 Å². The Labute approximate surface area is 119 Å². The Hall–Kier alpha value is -1.31. The molecule has 1 aliphatic carbocycles. The number of anilines is 2. The van der Waals surface area contributed by atoms with Crippen LogP contribution in [0.1, 0.15) is 19.3 Å². The second-order valence-corrected chi connectivity index (χ2v) is 6.86. The van der Waals surface area contributed by atoms with Crippen molar-refractivity contribution in [3.8, 4) is 0 Å². The van der Waals surface area contributed by atoms with Gasteiger partial charge in [0, 0.05) is 13.2 Å². The van der Waals surface area contributed by atoms with Crippen LogP contribution in [-0.2, 0) is 14.8 Å². The van der Waals surface area contributed by atoms with Crippen molar-refractivity contribution in [1.29, 1.82) is 0 Å². The van der Waals surface area contributed by atoms with Crippen molar-refractivity contribution in [1.82, 2.24) is 4.72 Å². The number of methoxy groups -OCH3 is 1. The van der Waals surface area contributed by atoms with Crippen LogP contribution in [0.2, 0.25) is 0 Å². The van der Waals surface area contributed by atoms with Crippen molar-refractivity contribution in [2.24, 2.45) is 0 Å². The molecule has 0 heterocycles. The topological polar surface area (TPSA) is 93.5 Å². The molecule has 2 unspecified atom stereocenters.